The Bertz CT molecular complexity index is 390. The fourth-order valence-corrected chi connectivity index (χ4v) is 1.78. The SMILES string of the molecule is CCOCCCNC(=NC)NCCn1cnnc1CC. The summed E-state index contributed by atoms with van der Waals surface area (Å²) in [6, 6.07) is 0. The normalized spacial score (nSPS) is 11.7. The third-order valence-corrected chi connectivity index (χ3v) is 2.84. The number of ether oxygens (including phenoxy) is 1. The molecule has 0 atom stereocenters. The lowest BCUT2D eigenvalue weighted by Crippen LogP contribution is -2.39. The fraction of sp³-hybridized carbons (Fsp3) is 0.769. The van der Waals surface area contributed by atoms with Crippen molar-refractivity contribution >= 4 is 5.96 Å². The number of guanidine groups is 1. The van der Waals surface area contributed by atoms with Crippen molar-refractivity contribution in [3.05, 3.63) is 12.2 Å². The molecule has 0 aliphatic carbocycles. The highest BCUT2D eigenvalue weighted by molar-refractivity contribution is 5.79. The topological polar surface area (TPSA) is 76.4 Å². The van der Waals surface area contributed by atoms with E-state index >= 15 is 0 Å². The molecule has 1 heterocycles. The molecule has 1 aromatic rings. The number of rotatable bonds is 9. The first-order valence-electron chi connectivity index (χ1n) is 7.20. The molecule has 0 aliphatic rings. The van der Waals surface area contributed by atoms with Gasteiger partial charge in [-0.2, -0.15) is 0 Å². The smallest absolute Gasteiger partial charge is 0.191 e. The molecule has 0 saturated carbocycles. The Balaban J connectivity index is 2.18. The van der Waals surface area contributed by atoms with E-state index in [0.29, 0.717) is 0 Å². The van der Waals surface area contributed by atoms with Crippen LogP contribution in [0.5, 0.6) is 0 Å². The van der Waals surface area contributed by atoms with Crippen LogP contribution in [-0.4, -0.2) is 54.1 Å². The van der Waals surface area contributed by atoms with Crippen LogP contribution in [0.25, 0.3) is 0 Å². The summed E-state index contributed by atoms with van der Waals surface area (Å²) < 4.78 is 7.34. The number of aliphatic imine (C=N–C) groups is 1. The molecule has 0 saturated heterocycles. The van der Waals surface area contributed by atoms with Crippen LogP contribution >= 0.6 is 0 Å². The van der Waals surface area contributed by atoms with E-state index in [1.165, 1.54) is 0 Å². The zero-order valence-electron chi connectivity index (χ0n) is 12.7. The monoisotopic (exact) mass is 282 g/mol. The van der Waals surface area contributed by atoms with Crippen molar-refractivity contribution in [3.8, 4) is 0 Å². The largest absolute Gasteiger partial charge is 0.382 e. The van der Waals surface area contributed by atoms with Crippen LogP contribution in [0.1, 0.15) is 26.1 Å². The van der Waals surface area contributed by atoms with Gasteiger partial charge in [-0.05, 0) is 13.3 Å². The predicted molar refractivity (Wildman–Crippen MR) is 79.9 cm³/mol. The van der Waals surface area contributed by atoms with Crippen molar-refractivity contribution in [2.75, 3.05) is 33.4 Å². The van der Waals surface area contributed by atoms with Gasteiger partial charge >= 0.3 is 0 Å². The lowest BCUT2D eigenvalue weighted by molar-refractivity contribution is 0.145. The number of aromatic nitrogens is 3. The van der Waals surface area contributed by atoms with Crippen LogP contribution < -0.4 is 10.6 Å². The summed E-state index contributed by atoms with van der Waals surface area (Å²) in [5, 5.41) is 14.5. The highest BCUT2D eigenvalue weighted by atomic mass is 16.5. The molecular formula is C13H26N6O. The maximum absolute atomic E-state index is 5.29. The Kier molecular flexibility index (Phi) is 8.37. The van der Waals surface area contributed by atoms with Gasteiger partial charge < -0.3 is 19.9 Å². The van der Waals surface area contributed by atoms with Gasteiger partial charge in [-0.15, -0.1) is 10.2 Å². The molecule has 7 heteroatoms. The van der Waals surface area contributed by atoms with Gasteiger partial charge in [-0.25, -0.2) is 0 Å². The summed E-state index contributed by atoms with van der Waals surface area (Å²) >= 11 is 0. The Labute approximate surface area is 120 Å². The van der Waals surface area contributed by atoms with E-state index in [4.69, 9.17) is 4.74 Å². The molecular weight excluding hydrogens is 256 g/mol. The summed E-state index contributed by atoms with van der Waals surface area (Å²) in [6.07, 6.45) is 3.63. The van der Waals surface area contributed by atoms with E-state index in [0.717, 1.165) is 57.5 Å². The molecule has 0 bridgehead atoms. The van der Waals surface area contributed by atoms with Gasteiger partial charge in [0.05, 0.1) is 0 Å². The Morgan fingerprint density at radius 3 is 2.85 bits per heavy atom. The highest BCUT2D eigenvalue weighted by Crippen LogP contribution is 1.94. The second-order valence-corrected chi connectivity index (χ2v) is 4.27. The van der Waals surface area contributed by atoms with Gasteiger partial charge in [0.1, 0.15) is 12.2 Å². The van der Waals surface area contributed by atoms with Crippen molar-refractivity contribution in [2.45, 2.75) is 33.2 Å². The Morgan fingerprint density at radius 1 is 1.35 bits per heavy atom. The molecule has 0 spiro atoms. The van der Waals surface area contributed by atoms with Gasteiger partial charge in [0.25, 0.3) is 0 Å². The van der Waals surface area contributed by atoms with Crippen LogP contribution in [0.3, 0.4) is 0 Å². The third-order valence-electron chi connectivity index (χ3n) is 2.84. The van der Waals surface area contributed by atoms with Crippen LogP contribution in [0.2, 0.25) is 0 Å². The van der Waals surface area contributed by atoms with E-state index in [2.05, 4.69) is 37.3 Å². The lowest BCUT2D eigenvalue weighted by atomic mass is 10.4. The number of aryl methyl sites for hydroxylation is 1. The molecule has 0 aliphatic heterocycles. The first kappa shape index (κ1) is 16.4. The highest BCUT2D eigenvalue weighted by Gasteiger charge is 2.01. The number of nitrogens with one attached hydrogen (secondary N) is 2. The molecule has 0 amide bonds. The molecule has 0 unspecified atom stereocenters. The summed E-state index contributed by atoms with van der Waals surface area (Å²) in [7, 11) is 1.77. The molecule has 1 rings (SSSR count). The van der Waals surface area contributed by atoms with Gasteiger partial charge in [0.15, 0.2) is 5.96 Å². The molecule has 1 aromatic heterocycles. The number of nitrogens with zero attached hydrogens (tertiary/aromatic N) is 4. The van der Waals surface area contributed by atoms with Crippen LogP contribution in [0, 0.1) is 0 Å². The van der Waals surface area contributed by atoms with Gasteiger partial charge in [0, 0.05) is 46.3 Å². The minimum Gasteiger partial charge on any atom is -0.382 e. The summed E-state index contributed by atoms with van der Waals surface area (Å²) in [6.45, 7) is 8.10. The molecule has 114 valence electrons. The summed E-state index contributed by atoms with van der Waals surface area (Å²) in [4.78, 5) is 4.18. The molecule has 2 N–H and O–H groups in total. The van der Waals surface area contributed by atoms with Crippen molar-refractivity contribution in [1.29, 1.82) is 0 Å². The molecule has 20 heavy (non-hydrogen) atoms. The Morgan fingerprint density at radius 2 is 2.15 bits per heavy atom. The first-order chi connectivity index (χ1) is 9.81. The molecule has 0 radical (unpaired) electrons. The van der Waals surface area contributed by atoms with Crippen molar-refractivity contribution in [3.63, 3.8) is 0 Å². The van der Waals surface area contributed by atoms with E-state index in [1.54, 1.807) is 13.4 Å². The quantitative estimate of drug-likeness (QED) is 0.390. The maximum atomic E-state index is 5.29. The van der Waals surface area contributed by atoms with E-state index < -0.39 is 0 Å². The zero-order chi connectivity index (χ0) is 14.6. The molecule has 0 aromatic carbocycles. The van der Waals surface area contributed by atoms with Gasteiger partial charge in [-0.1, -0.05) is 6.92 Å². The van der Waals surface area contributed by atoms with Crippen molar-refractivity contribution < 1.29 is 4.74 Å². The first-order valence-corrected chi connectivity index (χ1v) is 7.20. The number of hydrogen-bond donors (Lipinski definition) is 2. The fourth-order valence-electron chi connectivity index (χ4n) is 1.78. The lowest BCUT2D eigenvalue weighted by Gasteiger charge is -2.12. The number of hydrogen-bond acceptors (Lipinski definition) is 4. The van der Waals surface area contributed by atoms with Crippen LogP contribution in [0.15, 0.2) is 11.3 Å². The Hall–Kier alpha value is -1.63. The molecule has 0 fully saturated rings. The molecule has 7 nitrogen and oxygen atoms in total. The maximum Gasteiger partial charge on any atom is 0.191 e. The minimum atomic E-state index is 0.770. The summed E-state index contributed by atoms with van der Waals surface area (Å²) in [5.74, 6) is 1.82. The standard InChI is InChI=1S/C13H26N6O/c1-4-12-18-17-11-19(12)9-8-16-13(14-3)15-7-6-10-20-5-2/h11H,4-10H2,1-3H3,(H2,14,15,16). The van der Waals surface area contributed by atoms with Crippen LogP contribution in [-0.2, 0) is 17.7 Å². The third kappa shape index (κ3) is 6.01. The second kappa shape index (κ2) is 10.2. The van der Waals surface area contributed by atoms with E-state index in [-0.39, 0.29) is 0 Å². The zero-order valence-corrected chi connectivity index (χ0v) is 12.7. The summed E-state index contributed by atoms with van der Waals surface area (Å²) in [5.41, 5.74) is 0. The average Bonchev–Trinajstić information content (AvgIpc) is 2.92. The van der Waals surface area contributed by atoms with Gasteiger partial charge in [0.2, 0.25) is 0 Å². The van der Waals surface area contributed by atoms with Crippen molar-refractivity contribution in [2.24, 2.45) is 4.99 Å². The average molecular weight is 282 g/mol. The van der Waals surface area contributed by atoms with Gasteiger partial charge in [-0.3, -0.25) is 4.99 Å². The second-order valence-electron chi connectivity index (χ2n) is 4.27. The van der Waals surface area contributed by atoms with Crippen LogP contribution in [0.4, 0.5) is 0 Å². The predicted octanol–water partition coefficient (Wildman–Crippen LogP) is 0.432. The van der Waals surface area contributed by atoms with E-state index in [1.807, 2.05) is 6.92 Å². The minimum absolute atomic E-state index is 0.770. The van der Waals surface area contributed by atoms with Crippen molar-refractivity contribution in [1.82, 2.24) is 25.4 Å². The van der Waals surface area contributed by atoms with E-state index in [9.17, 15) is 0 Å².